The van der Waals surface area contributed by atoms with Crippen molar-refractivity contribution in [1.82, 2.24) is 19.9 Å². The number of aromatic carboxylic acids is 1. The minimum atomic E-state index is -3.75. The van der Waals surface area contributed by atoms with E-state index >= 15 is 0 Å². The lowest BCUT2D eigenvalue weighted by Gasteiger charge is -2.01. The first-order chi connectivity index (χ1) is 8.90. The third-order valence-electron chi connectivity index (χ3n) is 2.25. The molecule has 0 fully saturated rings. The molecule has 0 radical (unpaired) electrons. The van der Waals surface area contributed by atoms with Crippen LogP contribution in [0.15, 0.2) is 16.6 Å². The molecule has 2 heterocycles. The second kappa shape index (κ2) is 5.07. The molecule has 0 atom stereocenters. The molecule has 8 nitrogen and oxygen atoms in total. The van der Waals surface area contributed by atoms with E-state index in [9.17, 15) is 13.2 Å². The van der Waals surface area contributed by atoms with Gasteiger partial charge < -0.3 is 5.11 Å². The van der Waals surface area contributed by atoms with Gasteiger partial charge in [-0.2, -0.15) is 5.10 Å². The van der Waals surface area contributed by atoms with Crippen molar-refractivity contribution in [3.05, 3.63) is 28.7 Å². The molecular formula is C9H10N4O4S2. The SMILES string of the molecule is Cc1cc(S(=O)(=O)NCc2ncn[nH]2)sc1C(=O)O. The highest BCUT2D eigenvalue weighted by Crippen LogP contribution is 2.25. The summed E-state index contributed by atoms with van der Waals surface area (Å²) in [4.78, 5) is 14.7. The van der Waals surface area contributed by atoms with E-state index in [-0.39, 0.29) is 15.6 Å². The molecule has 0 aliphatic rings. The second-order valence-corrected chi connectivity index (χ2v) is 6.69. The van der Waals surface area contributed by atoms with Crippen molar-refractivity contribution in [2.24, 2.45) is 0 Å². The fourth-order valence-electron chi connectivity index (χ4n) is 1.35. The summed E-state index contributed by atoms with van der Waals surface area (Å²) >= 11 is 0.716. The Balaban J connectivity index is 2.20. The zero-order valence-electron chi connectivity index (χ0n) is 9.74. The van der Waals surface area contributed by atoms with Gasteiger partial charge in [-0.05, 0) is 18.6 Å². The zero-order chi connectivity index (χ0) is 14.0. The Morgan fingerprint density at radius 1 is 1.58 bits per heavy atom. The van der Waals surface area contributed by atoms with Gasteiger partial charge in [-0.3, -0.25) is 5.10 Å². The largest absolute Gasteiger partial charge is 0.477 e. The quantitative estimate of drug-likeness (QED) is 0.732. The van der Waals surface area contributed by atoms with E-state index in [1.165, 1.54) is 12.4 Å². The molecule has 2 rings (SSSR count). The molecule has 3 N–H and O–H groups in total. The van der Waals surface area contributed by atoms with Crippen molar-refractivity contribution in [2.45, 2.75) is 17.7 Å². The number of sulfonamides is 1. The smallest absolute Gasteiger partial charge is 0.346 e. The number of carbonyl (C=O) groups is 1. The Labute approximate surface area is 112 Å². The van der Waals surface area contributed by atoms with Gasteiger partial charge in [-0.25, -0.2) is 22.9 Å². The van der Waals surface area contributed by atoms with Crippen LogP contribution in [-0.2, 0) is 16.6 Å². The molecule has 102 valence electrons. The van der Waals surface area contributed by atoms with E-state index in [0.29, 0.717) is 22.7 Å². The monoisotopic (exact) mass is 302 g/mol. The summed E-state index contributed by atoms with van der Waals surface area (Å²) in [5, 5.41) is 15.0. The lowest BCUT2D eigenvalue weighted by atomic mass is 10.3. The van der Waals surface area contributed by atoms with E-state index in [0.717, 1.165) is 0 Å². The Hall–Kier alpha value is -1.78. The number of carboxylic acids is 1. The number of nitrogens with zero attached hydrogens (tertiary/aromatic N) is 2. The number of rotatable bonds is 5. The van der Waals surface area contributed by atoms with Crippen LogP contribution in [0.1, 0.15) is 21.1 Å². The Morgan fingerprint density at radius 2 is 2.32 bits per heavy atom. The Kier molecular flexibility index (Phi) is 3.64. The predicted molar refractivity (Wildman–Crippen MR) is 66.4 cm³/mol. The van der Waals surface area contributed by atoms with Gasteiger partial charge in [0.2, 0.25) is 10.0 Å². The normalized spacial score (nSPS) is 11.6. The maximum Gasteiger partial charge on any atom is 0.346 e. The average Bonchev–Trinajstić information content (AvgIpc) is 2.95. The number of H-pyrrole nitrogens is 1. The summed E-state index contributed by atoms with van der Waals surface area (Å²) < 4.78 is 26.2. The molecule has 0 unspecified atom stereocenters. The second-order valence-electron chi connectivity index (χ2n) is 3.64. The lowest BCUT2D eigenvalue weighted by molar-refractivity contribution is 0.0701. The van der Waals surface area contributed by atoms with E-state index < -0.39 is 16.0 Å². The van der Waals surface area contributed by atoms with Gasteiger partial charge in [0.15, 0.2) is 0 Å². The molecule has 19 heavy (non-hydrogen) atoms. The number of hydrogen-bond acceptors (Lipinski definition) is 6. The number of aryl methyl sites for hydroxylation is 1. The van der Waals surface area contributed by atoms with Crippen molar-refractivity contribution in [3.63, 3.8) is 0 Å². The highest BCUT2D eigenvalue weighted by Gasteiger charge is 2.21. The van der Waals surface area contributed by atoms with Crippen molar-refractivity contribution in [1.29, 1.82) is 0 Å². The molecule has 2 aromatic rings. The third kappa shape index (κ3) is 2.97. The molecule has 0 aliphatic carbocycles. The predicted octanol–water partition coefficient (Wildman–Crippen LogP) is 0.351. The Bertz CT molecular complexity index is 690. The summed E-state index contributed by atoms with van der Waals surface area (Å²) in [6, 6.07) is 1.33. The average molecular weight is 302 g/mol. The van der Waals surface area contributed by atoms with E-state index in [2.05, 4.69) is 19.9 Å². The summed E-state index contributed by atoms with van der Waals surface area (Å²) in [5.74, 6) is -0.769. The van der Waals surface area contributed by atoms with E-state index in [4.69, 9.17) is 5.11 Å². The molecule has 0 saturated carbocycles. The minimum Gasteiger partial charge on any atom is -0.477 e. The molecule has 0 aliphatic heterocycles. The molecular weight excluding hydrogens is 292 g/mol. The molecule has 0 aromatic carbocycles. The molecule has 10 heteroatoms. The van der Waals surface area contributed by atoms with Crippen molar-refractivity contribution >= 4 is 27.3 Å². The van der Waals surface area contributed by atoms with Gasteiger partial charge in [0, 0.05) is 0 Å². The van der Waals surface area contributed by atoms with Crippen LogP contribution in [-0.4, -0.2) is 34.7 Å². The number of hydrogen-bond donors (Lipinski definition) is 3. The van der Waals surface area contributed by atoms with Crippen molar-refractivity contribution < 1.29 is 18.3 Å². The number of carboxylic acid groups (broad SMARTS) is 1. The van der Waals surface area contributed by atoms with Crippen LogP contribution in [0.3, 0.4) is 0 Å². The van der Waals surface area contributed by atoms with Crippen LogP contribution in [0.5, 0.6) is 0 Å². The van der Waals surface area contributed by atoms with Crippen LogP contribution >= 0.6 is 11.3 Å². The highest BCUT2D eigenvalue weighted by molar-refractivity contribution is 7.91. The van der Waals surface area contributed by atoms with Gasteiger partial charge in [0.05, 0.1) is 6.54 Å². The first-order valence-corrected chi connectivity index (χ1v) is 7.38. The molecule has 2 aromatic heterocycles. The standard InChI is InChI=1S/C9H10N4O4S2/c1-5-2-7(18-8(5)9(14)15)19(16,17)12-3-6-10-4-11-13-6/h2,4,12H,3H2,1H3,(H,14,15)(H,10,11,13). The van der Waals surface area contributed by atoms with Crippen LogP contribution in [0.4, 0.5) is 0 Å². The van der Waals surface area contributed by atoms with Crippen LogP contribution in [0, 0.1) is 6.92 Å². The summed E-state index contributed by atoms with van der Waals surface area (Å²) in [6.07, 6.45) is 1.27. The van der Waals surface area contributed by atoms with Gasteiger partial charge in [-0.1, -0.05) is 0 Å². The van der Waals surface area contributed by atoms with Crippen molar-refractivity contribution in [2.75, 3.05) is 0 Å². The highest BCUT2D eigenvalue weighted by atomic mass is 32.2. The fraction of sp³-hybridized carbons (Fsp3) is 0.222. The maximum atomic E-state index is 12.0. The van der Waals surface area contributed by atoms with Crippen LogP contribution in [0.2, 0.25) is 0 Å². The summed E-state index contributed by atoms with van der Waals surface area (Å²) in [5.41, 5.74) is 0.414. The number of aromatic amines is 1. The minimum absolute atomic E-state index is 0.0139. The van der Waals surface area contributed by atoms with Crippen LogP contribution in [0.25, 0.3) is 0 Å². The number of aromatic nitrogens is 3. The van der Waals surface area contributed by atoms with Gasteiger partial charge >= 0.3 is 5.97 Å². The molecule has 0 amide bonds. The summed E-state index contributed by atoms with van der Waals surface area (Å²) in [6.45, 7) is 1.51. The first-order valence-electron chi connectivity index (χ1n) is 5.08. The molecule has 0 spiro atoms. The van der Waals surface area contributed by atoms with E-state index in [1.807, 2.05) is 0 Å². The topological polar surface area (TPSA) is 125 Å². The van der Waals surface area contributed by atoms with Crippen LogP contribution < -0.4 is 4.72 Å². The fourth-order valence-corrected chi connectivity index (χ4v) is 3.76. The molecule has 0 bridgehead atoms. The van der Waals surface area contributed by atoms with Gasteiger partial charge in [-0.15, -0.1) is 11.3 Å². The van der Waals surface area contributed by atoms with E-state index in [1.54, 1.807) is 6.92 Å². The number of thiophene rings is 1. The number of nitrogens with one attached hydrogen (secondary N) is 2. The maximum absolute atomic E-state index is 12.0. The Morgan fingerprint density at radius 3 is 2.84 bits per heavy atom. The zero-order valence-corrected chi connectivity index (χ0v) is 11.4. The first kappa shape index (κ1) is 13.6. The molecule has 0 saturated heterocycles. The van der Waals surface area contributed by atoms with Gasteiger partial charge in [0.1, 0.15) is 21.2 Å². The third-order valence-corrected chi connectivity index (χ3v) is 5.35. The van der Waals surface area contributed by atoms with Crippen molar-refractivity contribution in [3.8, 4) is 0 Å². The summed E-state index contributed by atoms with van der Waals surface area (Å²) in [7, 11) is -3.75. The lowest BCUT2D eigenvalue weighted by Crippen LogP contribution is -2.23. The van der Waals surface area contributed by atoms with Gasteiger partial charge in [0.25, 0.3) is 0 Å².